The lowest BCUT2D eigenvalue weighted by atomic mass is 10.6. The molecule has 0 spiro atoms. The van der Waals surface area contributed by atoms with Crippen LogP contribution in [0.15, 0.2) is 12.3 Å². The second kappa shape index (κ2) is 5.67. The lowest BCUT2D eigenvalue weighted by Crippen LogP contribution is -1.89. The summed E-state index contributed by atoms with van der Waals surface area (Å²) in [5, 5.41) is 0. The molecule has 0 amide bonds. The summed E-state index contributed by atoms with van der Waals surface area (Å²) in [6.45, 7) is 3.63. The number of halogens is 2. The third-order valence-corrected chi connectivity index (χ3v) is 2.49. The van der Waals surface area contributed by atoms with Crippen LogP contribution in [0.2, 0.25) is 6.04 Å². The Labute approximate surface area is 62.7 Å². The Morgan fingerprint density at radius 3 is 2.62 bits per heavy atom. The maximum atomic E-state index is 5.47. The van der Waals surface area contributed by atoms with E-state index in [1.54, 1.807) is 0 Å². The number of rotatable bonds is 4. The highest BCUT2D eigenvalue weighted by Gasteiger charge is 1.94. The Bertz CT molecular complexity index is 63.4. The molecule has 0 fully saturated rings. The highest BCUT2D eigenvalue weighted by molar-refractivity contribution is 6.45. The second-order valence-electron chi connectivity index (χ2n) is 1.61. The molecule has 48 valence electrons. The van der Waals surface area contributed by atoms with Crippen molar-refractivity contribution in [3.8, 4) is 0 Å². The minimum atomic E-state index is -0.164. The van der Waals surface area contributed by atoms with E-state index >= 15 is 0 Å². The summed E-state index contributed by atoms with van der Waals surface area (Å²) in [5.74, 6) is 0. The normalized spacial score (nSPS) is 11.4. The van der Waals surface area contributed by atoms with Crippen molar-refractivity contribution in [1.82, 2.24) is 0 Å². The minimum Gasteiger partial charge on any atom is -0.109 e. The summed E-state index contributed by atoms with van der Waals surface area (Å²) in [5.41, 5.74) is 2.01. The van der Waals surface area contributed by atoms with Crippen LogP contribution in [0.1, 0.15) is 6.42 Å². The third kappa shape index (κ3) is 6.54. The van der Waals surface area contributed by atoms with Gasteiger partial charge in [0.25, 0.3) is 0 Å². The lowest BCUT2D eigenvalue weighted by molar-refractivity contribution is 1.03. The van der Waals surface area contributed by atoms with Gasteiger partial charge < -0.3 is 0 Å². The van der Waals surface area contributed by atoms with E-state index in [4.69, 9.17) is 23.2 Å². The van der Waals surface area contributed by atoms with E-state index < -0.39 is 0 Å². The molecule has 0 aromatic carbocycles. The Balaban J connectivity index is 2.81. The number of alkyl halides is 2. The zero-order chi connectivity index (χ0) is 6.41. The molecule has 0 heterocycles. The van der Waals surface area contributed by atoms with Crippen LogP contribution in [-0.4, -0.2) is 14.4 Å². The first-order valence-electron chi connectivity index (χ1n) is 2.66. The average molecular weight is 169 g/mol. The van der Waals surface area contributed by atoms with Gasteiger partial charge in [0, 0.05) is 9.52 Å². The minimum absolute atomic E-state index is 0.0261. The topological polar surface area (TPSA) is 0 Å². The van der Waals surface area contributed by atoms with Crippen LogP contribution in [0.5, 0.6) is 0 Å². The standard InChI is InChI=1S/C5H10Cl2Si/c1-2-8-4-3-5(6)7/h2,5H,1,3-4,8H2. The molecule has 0 aliphatic rings. The Morgan fingerprint density at radius 1 is 1.62 bits per heavy atom. The Kier molecular flexibility index (Phi) is 6.05. The fourth-order valence-corrected chi connectivity index (χ4v) is 2.18. The van der Waals surface area contributed by atoms with Crippen LogP contribution in [0.3, 0.4) is 0 Å². The van der Waals surface area contributed by atoms with Crippen molar-refractivity contribution in [3.05, 3.63) is 12.3 Å². The SMILES string of the molecule is C=C[SiH2]CCC(Cl)Cl. The van der Waals surface area contributed by atoms with Gasteiger partial charge in [0.15, 0.2) is 0 Å². The maximum absolute atomic E-state index is 5.47. The van der Waals surface area contributed by atoms with Crippen LogP contribution in [0.4, 0.5) is 0 Å². The summed E-state index contributed by atoms with van der Waals surface area (Å²) in [4.78, 5) is -0.164. The van der Waals surface area contributed by atoms with Gasteiger partial charge in [-0.2, -0.15) is 0 Å². The van der Waals surface area contributed by atoms with Crippen LogP contribution < -0.4 is 0 Å². The van der Waals surface area contributed by atoms with Gasteiger partial charge in [-0.25, -0.2) is 0 Å². The number of hydrogen-bond donors (Lipinski definition) is 0. The van der Waals surface area contributed by atoms with Crippen molar-refractivity contribution in [1.29, 1.82) is 0 Å². The predicted octanol–water partition coefficient (Wildman–Crippen LogP) is 1.91. The first-order valence-corrected chi connectivity index (χ1v) is 5.35. The van der Waals surface area contributed by atoms with Crippen molar-refractivity contribution in [2.45, 2.75) is 17.3 Å². The highest BCUT2D eigenvalue weighted by atomic mass is 35.5. The molecule has 0 nitrogen and oxygen atoms in total. The van der Waals surface area contributed by atoms with E-state index in [1.807, 2.05) is 5.70 Å². The molecule has 0 aliphatic heterocycles. The van der Waals surface area contributed by atoms with Gasteiger partial charge in [-0.15, -0.1) is 35.5 Å². The van der Waals surface area contributed by atoms with E-state index in [0.29, 0.717) is 0 Å². The highest BCUT2D eigenvalue weighted by Crippen LogP contribution is 2.08. The van der Waals surface area contributed by atoms with Crippen LogP contribution in [-0.2, 0) is 0 Å². The molecular formula is C5H10Cl2Si. The van der Waals surface area contributed by atoms with Crippen LogP contribution in [0, 0.1) is 0 Å². The molecule has 0 unspecified atom stereocenters. The Morgan fingerprint density at radius 2 is 2.25 bits per heavy atom. The van der Waals surface area contributed by atoms with E-state index in [1.165, 1.54) is 6.04 Å². The molecule has 8 heavy (non-hydrogen) atoms. The number of hydrogen-bond acceptors (Lipinski definition) is 0. The summed E-state index contributed by atoms with van der Waals surface area (Å²) >= 11 is 10.9. The first kappa shape index (κ1) is 8.54. The van der Waals surface area contributed by atoms with Gasteiger partial charge >= 0.3 is 0 Å². The smallest absolute Gasteiger partial charge is 0.107 e. The molecule has 0 bridgehead atoms. The molecular weight excluding hydrogens is 159 g/mol. The van der Waals surface area contributed by atoms with Crippen molar-refractivity contribution in [3.63, 3.8) is 0 Å². The first-order chi connectivity index (χ1) is 3.77. The van der Waals surface area contributed by atoms with E-state index in [2.05, 4.69) is 6.58 Å². The molecule has 3 heteroatoms. The van der Waals surface area contributed by atoms with Gasteiger partial charge in [-0.05, 0) is 6.42 Å². The van der Waals surface area contributed by atoms with Gasteiger partial charge in [-0.1, -0.05) is 6.04 Å². The maximum Gasteiger partial charge on any atom is 0.107 e. The van der Waals surface area contributed by atoms with Gasteiger partial charge in [0.1, 0.15) is 4.84 Å². The van der Waals surface area contributed by atoms with Gasteiger partial charge in [-0.3, -0.25) is 0 Å². The molecule has 0 saturated carbocycles. The molecule has 0 rings (SSSR count). The van der Waals surface area contributed by atoms with Crippen molar-refractivity contribution >= 4 is 32.7 Å². The third-order valence-electron chi connectivity index (χ3n) is 0.831. The van der Waals surface area contributed by atoms with E-state index in [-0.39, 0.29) is 14.4 Å². The summed E-state index contributed by atoms with van der Waals surface area (Å²) in [6, 6.07) is 1.18. The summed E-state index contributed by atoms with van der Waals surface area (Å²) in [7, 11) is -0.0261. The van der Waals surface area contributed by atoms with Gasteiger partial charge in [0.05, 0.1) is 0 Å². The van der Waals surface area contributed by atoms with Gasteiger partial charge in [0.2, 0.25) is 0 Å². The Hall–Kier alpha value is 0.537. The molecule has 0 aromatic rings. The summed E-state index contributed by atoms with van der Waals surface area (Å²) < 4.78 is 0. The molecule has 0 radical (unpaired) electrons. The lowest BCUT2D eigenvalue weighted by Gasteiger charge is -1.94. The monoisotopic (exact) mass is 168 g/mol. The molecule has 0 aliphatic carbocycles. The van der Waals surface area contributed by atoms with Crippen LogP contribution >= 0.6 is 23.2 Å². The largest absolute Gasteiger partial charge is 0.109 e. The quantitative estimate of drug-likeness (QED) is 0.342. The van der Waals surface area contributed by atoms with E-state index in [0.717, 1.165) is 6.42 Å². The zero-order valence-corrected chi connectivity index (χ0v) is 7.67. The fourth-order valence-electron chi connectivity index (χ4n) is 0.416. The zero-order valence-electron chi connectivity index (χ0n) is 4.74. The molecule has 0 saturated heterocycles. The molecule has 0 N–H and O–H groups in total. The van der Waals surface area contributed by atoms with Crippen molar-refractivity contribution in [2.75, 3.05) is 0 Å². The average Bonchev–Trinajstić information content (AvgIpc) is 1.66. The summed E-state index contributed by atoms with van der Waals surface area (Å²) in [6.07, 6.45) is 0.932. The molecule has 0 aromatic heterocycles. The van der Waals surface area contributed by atoms with Crippen molar-refractivity contribution in [2.24, 2.45) is 0 Å². The molecule has 0 atom stereocenters. The predicted molar refractivity (Wildman–Crippen MR) is 43.7 cm³/mol. The van der Waals surface area contributed by atoms with Crippen molar-refractivity contribution < 1.29 is 0 Å². The van der Waals surface area contributed by atoms with Crippen LogP contribution in [0.25, 0.3) is 0 Å². The second-order valence-corrected chi connectivity index (χ2v) is 4.75. The van der Waals surface area contributed by atoms with E-state index in [9.17, 15) is 0 Å². The fraction of sp³-hybridized carbons (Fsp3) is 0.600.